The van der Waals surface area contributed by atoms with Crippen LogP contribution in [0, 0.1) is 23.7 Å². The fourth-order valence-corrected chi connectivity index (χ4v) is 14.8. The van der Waals surface area contributed by atoms with Crippen molar-refractivity contribution in [1.29, 1.82) is 0 Å². The number of pyridine rings is 1. The van der Waals surface area contributed by atoms with Crippen LogP contribution >= 0.6 is 112 Å². The third-order valence-corrected chi connectivity index (χ3v) is 21.1. The van der Waals surface area contributed by atoms with Gasteiger partial charge >= 0.3 is 58.3 Å². The van der Waals surface area contributed by atoms with Crippen LogP contribution in [0.5, 0.6) is 0 Å². The van der Waals surface area contributed by atoms with Crippen LogP contribution < -0.4 is 34.3 Å². The molecule has 6 unspecified atom stereocenters. The number of phosphoric acid groups is 6. The Balaban J connectivity index is 0.000000367. The van der Waals surface area contributed by atoms with Crippen molar-refractivity contribution in [3.63, 3.8) is 0 Å². The van der Waals surface area contributed by atoms with Crippen LogP contribution in [-0.4, -0.2) is 145 Å². The Kier molecular flexibility index (Phi) is 31.4. The van der Waals surface area contributed by atoms with E-state index >= 15 is 0 Å². The smallest absolute Gasteiger partial charge is 0.382 e. The van der Waals surface area contributed by atoms with Crippen LogP contribution in [0.2, 0.25) is 0 Å². The Morgan fingerprint density at radius 3 is 1.37 bits per heavy atom. The van der Waals surface area contributed by atoms with Crippen LogP contribution in [0.25, 0.3) is 0 Å². The first-order valence-electron chi connectivity index (χ1n) is 21.4. The third kappa shape index (κ3) is 28.1. The summed E-state index contributed by atoms with van der Waals surface area (Å²) in [5.74, 6) is 10.6. The highest BCUT2D eigenvalue weighted by atomic mass is 33.1. The second kappa shape index (κ2) is 34.6. The van der Waals surface area contributed by atoms with E-state index in [2.05, 4.69) is 64.9 Å². The summed E-state index contributed by atoms with van der Waals surface area (Å²) in [4.78, 5) is 109. The predicted molar refractivity (Wildman–Crippen MR) is 300 cm³/mol. The van der Waals surface area contributed by atoms with E-state index in [0.717, 1.165) is 14.2 Å². The van der Waals surface area contributed by atoms with Gasteiger partial charge in [-0.05, 0) is 41.7 Å². The highest BCUT2D eigenvalue weighted by Crippen LogP contribution is 2.67. The summed E-state index contributed by atoms with van der Waals surface area (Å²) < 4.78 is 118. The number of ether oxygens (including phenoxy) is 4. The van der Waals surface area contributed by atoms with Crippen LogP contribution in [0.1, 0.15) is 36.4 Å². The van der Waals surface area contributed by atoms with E-state index in [9.17, 15) is 56.6 Å². The molecule has 2 aliphatic rings. The first-order chi connectivity index (χ1) is 37.8. The SMILES string of the molecule is CSSCOC1C[C@H](n2cc(C#CCN)c(N)nc2=O)O[C@@H]1COP(=O)(O)OP(=O)(O)OP(=O)(O)O.CSSCOC1C[C@H](n2cc(C#CCN)c(N)nc2=O)O[C@@H]1COP(=O)(O)OP(=O)(O)OP(=O)(O)O.CSSc1ccccn1. The standard InChI is InChI=1S/2C14H23N4O13P3S2.C6H7NS2/c2*1-35-36-8-27-10-5-12(18-6-9(3-2-4-15)13(16)17-14(18)19)29-11(10)7-28-33(23,24)31-34(25,26)30-32(20,21)22;1-8-9-6-4-2-3-5-7-6/h2*6,10-12H,4-5,7-8,15H2,1H3,(H,23,24)(H,25,26)(H2,16,17,19)(H2,20,21,22);2-5H,1H3/t2*10?,11-,12-;/m11./s1. The number of nitrogens with zero attached hydrogens (tertiary/aromatic N) is 5. The van der Waals surface area contributed by atoms with Crippen LogP contribution in [0.3, 0.4) is 0 Å². The van der Waals surface area contributed by atoms with E-state index in [1.165, 1.54) is 55.6 Å². The van der Waals surface area contributed by atoms with Crippen molar-refractivity contribution < 1.29 is 112 Å². The van der Waals surface area contributed by atoms with Gasteiger partial charge in [-0.15, -0.1) is 0 Å². The minimum absolute atomic E-state index is 0.0319. The molecule has 5 rings (SSSR count). The van der Waals surface area contributed by atoms with Crippen molar-refractivity contribution in [3.05, 3.63) is 68.9 Å². The molecule has 81 heavy (non-hydrogen) atoms. The van der Waals surface area contributed by atoms with E-state index in [-0.39, 0.29) is 60.6 Å². The molecule has 0 aromatic carbocycles. The first-order valence-corrected chi connectivity index (χ1v) is 38.5. The summed E-state index contributed by atoms with van der Waals surface area (Å²) in [6, 6.07) is 5.91. The number of nitrogen functional groups attached to an aromatic ring is 2. The van der Waals surface area contributed by atoms with Gasteiger partial charge in [-0.2, -0.15) is 27.2 Å². The number of anilines is 2. The second-order valence-electron chi connectivity index (χ2n) is 14.6. The topological polar surface area (TPSA) is 543 Å². The fraction of sp³-hybridized carbons (Fsp3) is 0.500. The minimum atomic E-state index is -5.69. The molecule has 35 nitrogen and oxygen atoms in total. The molecule has 0 radical (unpaired) electrons. The van der Waals surface area contributed by atoms with E-state index in [1.807, 2.05) is 24.5 Å². The van der Waals surface area contributed by atoms with Crippen molar-refractivity contribution in [2.45, 2.75) is 54.7 Å². The highest BCUT2D eigenvalue weighted by Gasteiger charge is 2.45. The molecular formula is C34H53N9O26P6S6. The lowest BCUT2D eigenvalue weighted by Crippen LogP contribution is -2.29. The van der Waals surface area contributed by atoms with E-state index in [1.54, 1.807) is 40.3 Å². The molecule has 3 aromatic rings. The maximum Gasteiger partial charge on any atom is 0.490 e. The molecule has 0 spiro atoms. The molecule has 0 saturated carbocycles. The Morgan fingerprint density at radius 1 is 0.630 bits per heavy atom. The minimum Gasteiger partial charge on any atom is -0.382 e. The van der Waals surface area contributed by atoms with Gasteiger partial charge in [0, 0.05) is 31.4 Å². The normalized spacial score (nSPS) is 21.9. The quantitative estimate of drug-likeness (QED) is 0.0181. The van der Waals surface area contributed by atoms with Crippen LogP contribution in [0.4, 0.5) is 11.6 Å². The molecule has 0 amide bonds. The molecule has 0 aliphatic carbocycles. The van der Waals surface area contributed by atoms with Gasteiger partial charge in [0.15, 0.2) is 0 Å². The molecule has 10 atom stereocenters. The summed E-state index contributed by atoms with van der Waals surface area (Å²) in [5.41, 5.74) is 21.0. The molecule has 16 N–H and O–H groups in total. The summed E-state index contributed by atoms with van der Waals surface area (Å²) in [6.45, 7) is -1.45. The lowest BCUT2D eigenvalue weighted by atomic mass is 10.2. The molecular weight excluding hydrogens is 1330 g/mol. The third-order valence-electron chi connectivity index (χ3n) is 8.93. The molecule has 2 saturated heterocycles. The summed E-state index contributed by atoms with van der Waals surface area (Å²) in [5, 5.41) is 1.07. The Morgan fingerprint density at radius 2 is 1.04 bits per heavy atom. The van der Waals surface area contributed by atoms with Crippen molar-refractivity contribution in [3.8, 4) is 23.7 Å². The fourth-order valence-electron chi connectivity index (χ4n) is 6.00. The zero-order valence-electron chi connectivity index (χ0n) is 41.7. The molecule has 2 aliphatic heterocycles. The zero-order valence-corrected chi connectivity index (χ0v) is 52.0. The van der Waals surface area contributed by atoms with Gasteiger partial charge in [0.25, 0.3) is 0 Å². The average Bonchev–Trinajstić information content (AvgIpc) is 3.94. The maximum absolute atomic E-state index is 12.4. The number of aromatic nitrogens is 5. The zero-order chi connectivity index (χ0) is 60.8. The van der Waals surface area contributed by atoms with Crippen LogP contribution in [0.15, 0.2) is 51.4 Å². The predicted octanol–water partition coefficient (Wildman–Crippen LogP) is 2.69. The molecule has 0 bridgehead atoms. The van der Waals surface area contributed by atoms with E-state index in [0.29, 0.717) is 0 Å². The lowest BCUT2D eigenvalue weighted by molar-refractivity contribution is -0.0543. The Hall–Kier alpha value is -1.69. The Labute approximate surface area is 483 Å². The lowest BCUT2D eigenvalue weighted by Gasteiger charge is -2.21. The molecule has 47 heteroatoms. The maximum atomic E-state index is 12.4. The Bertz CT molecular complexity index is 2920. The monoisotopic (exact) mass is 1380 g/mol. The van der Waals surface area contributed by atoms with Crippen LogP contribution in [-0.2, 0) is 72.6 Å². The summed E-state index contributed by atoms with van der Waals surface area (Å²) in [6.07, 6.45) is 4.35. The van der Waals surface area contributed by atoms with Gasteiger partial charge in [0.05, 0.1) is 49.6 Å². The van der Waals surface area contributed by atoms with Gasteiger partial charge in [0.2, 0.25) is 0 Å². The van der Waals surface area contributed by atoms with Gasteiger partial charge in [-0.25, -0.2) is 42.0 Å². The summed E-state index contributed by atoms with van der Waals surface area (Å²) >= 11 is 0. The average molecular weight is 1380 g/mol. The van der Waals surface area contributed by atoms with Gasteiger partial charge < -0.3 is 81.0 Å². The van der Waals surface area contributed by atoms with Gasteiger partial charge in [0.1, 0.15) is 53.2 Å². The number of hydrogen-bond acceptors (Lipinski definition) is 31. The van der Waals surface area contributed by atoms with E-state index < -0.39 is 108 Å². The number of rotatable bonds is 26. The van der Waals surface area contributed by atoms with Crippen molar-refractivity contribution in [2.24, 2.45) is 11.5 Å². The van der Waals surface area contributed by atoms with Crippen molar-refractivity contribution in [2.75, 3.05) is 68.4 Å². The first kappa shape index (κ1) is 73.6. The molecule has 3 aromatic heterocycles. The summed E-state index contributed by atoms with van der Waals surface area (Å²) in [7, 11) is -24.4. The van der Waals surface area contributed by atoms with Gasteiger partial charge in [-0.1, -0.05) is 83.7 Å². The largest absolute Gasteiger partial charge is 0.490 e. The highest BCUT2D eigenvalue weighted by molar-refractivity contribution is 8.77. The van der Waals surface area contributed by atoms with Gasteiger partial charge in [-0.3, -0.25) is 18.2 Å². The molecule has 5 heterocycles. The number of phosphoric ester groups is 2. The van der Waals surface area contributed by atoms with Crippen molar-refractivity contribution in [1.82, 2.24) is 24.1 Å². The molecule has 2 fully saturated rings. The number of hydrogen-bond donors (Lipinski definition) is 12. The number of nitrogens with two attached hydrogens (primary N) is 4. The second-order valence-corrected chi connectivity index (χ2v) is 30.9. The molecule has 456 valence electrons. The van der Waals surface area contributed by atoms with Crippen molar-refractivity contribution >= 4 is 123 Å². The van der Waals surface area contributed by atoms with E-state index in [4.69, 9.17) is 61.5 Å².